The molecule has 1 aromatic carbocycles. The van der Waals surface area contributed by atoms with Crippen molar-refractivity contribution >= 4 is 22.4 Å². The Morgan fingerprint density at radius 3 is 3.14 bits per heavy atom. The molecule has 0 radical (unpaired) electrons. The molecule has 0 fully saturated rings. The number of hydrogen-bond acceptors (Lipinski definition) is 4. The van der Waals surface area contributed by atoms with Crippen molar-refractivity contribution in [1.29, 1.82) is 0 Å². The van der Waals surface area contributed by atoms with Gasteiger partial charge in [-0.15, -0.1) is 11.3 Å². The number of anilines is 1. The number of hydrogen-bond donors (Lipinski definition) is 1. The van der Waals surface area contributed by atoms with Gasteiger partial charge < -0.3 is 5.32 Å². The number of nitrogens with one attached hydrogen (secondary N) is 1. The lowest BCUT2D eigenvalue weighted by molar-refractivity contribution is -0.115. The minimum atomic E-state index is -0.324. The van der Waals surface area contributed by atoms with Gasteiger partial charge in [0.15, 0.2) is 5.13 Å². The molecule has 22 heavy (non-hydrogen) atoms. The topological polar surface area (TPSA) is 45.2 Å². The van der Waals surface area contributed by atoms with Crippen molar-refractivity contribution < 1.29 is 9.18 Å². The molecule has 1 N–H and O–H groups in total. The number of rotatable bonds is 4. The molecular weight excluding hydrogens is 301 g/mol. The van der Waals surface area contributed by atoms with Crippen molar-refractivity contribution in [2.75, 3.05) is 18.4 Å². The molecule has 1 aliphatic heterocycles. The molecule has 1 amide bonds. The van der Waals surface area contributed by atoms with Gasteiger partial charge in [0.05, 0.1) is 12.1 Å². The minimum absolute atomic E-state index is 0.156. The van der Waals surface area contributed by atoms with Crippen molar-refractivity contribution in [2.45, 2.75) is 26.3 Å². The van der Waals surface area contributed by atoms with Crippen LogP contribution in [0, 0.1) is 5.82 Å². The van der Waals surface area contributed by atoms with Gasteiger partial charge in [-0.25, -0.2) is 9.37 Å². The fourth-order valence-corrected chi connectivity index (χ4v) is 3.63. The SMILES string of the molecule is CCN1CCc2nc(NC(=O)Cc3cccc(F)c3)sc2C1. The van der Waals surface area contributed by atoms with Gasteiger partial charge in [0.25, 0.3) is 0 Å². The molecular formula is C16H18FN3OS. The van der Waals surface area contributed by atoms with E-state index in [0.717, 1.165) is 31.7 Å². The average molecular weight is 319 g/mol. The van der Waals surface area contributed by atoms with Crippen molar-refractivity contribution in [2.24, 2.45) is 0 Å². The van der Waals surface area contributed by atoms with Crippen molar-refractivity contribution in [3.05, 3.63) is 46.2 Å². The molecule has 0 bridgehead atoms. The predicted molar refractivity (Wildman–Crippen MR) is 85.5 cm³/mol. The first-order valence-electron chi connectivity index (χ1n) is 7.39. The van der Waals surface area contributed by atoms with E-state index in [1.807, 2.05) is 0 Å². The van der Waals surface area contributed by atoms with E-state index in [4.69, 9.17) is 0 Å². The number of carbonyl (C=O) groups is 1. The van der Waals surface area contributed by atoms with Crippen LogP contribution in [0.25, 0.3) is 0 Å². The third-order valence-corrected chi connectivity index (χ3v) is 4.76. The average Bonchev–Trinajstić information content (AvgIpc) is 2.87. The second kappa shape index (κ2) is 6.54. The van der Waals surface area contributed by atoms with Crippen LogP contribution < -0.4 is 5.32 Å². The van der Waals surface area contributed by atoms with Gasteiger partial charge in [0.1, 0.15) is 5.82 Å². The molecule has 0 saturated carbocycles. The maximum atomic E-state index is 13.1. The van der Waals surface area contributed by atoms with Crippen molar-refractivity contribution in [1.82, 2.24) is 9.88 Å². The molecule has 2 aromatic rings. The molecule has 0 spiro atoms. The molecule has 0 saturated heterocycles. The summed E-state index contributed by atoms with van der Waals surface area (Å²) in [6, 6.07) is 6.11. The summed E-state index contributed by atoms with van der Waals surface area (Å²) in [7, 11) is 0. The van der Waals surface area contributed by atoms with Crippen LogP contribution in [0.3, 0.4) is 0 Å². The van der Waals surface area contributed by atoms with E-state index in [-0.39, 0.29) is 18.1 Å². The third kappa shape index (κ3) is 3.51. The van der Waals surface area contributed by atoms with Gasteiger partial charge in [0.2, 0.25) is 5.91 Å². The lowest BCUT2D eigenvalue weighted by Crippen LogP contribution is -2.29. The summed E-state index contributed by atoms with van der Waals surface area (Å²) in [5.74, 6) is -0.487. The first-order valence-corrected chi connectivity index (χ1v) is 8.21. The fourth-order valence-electron chi connectivity index (χ4n) is 2.57. The number of aromatic nitrogens is 1. The maximum Gasteiger partial charge on any atom is 0.230 e. The Hall–Kier alpha value is -1.79. The van der Waals surface area contributed by atoms with Crippen LogP contribution >= 0.6 is 11.3 Å². The molecule has 4 nitrogen and oxygen atoms in total. The quantitative estimate of drug-likeness (QED) is 0.942. The lowest BCUT2D eigenvalue weighted by Gasteiger charge is -2.23. The van der Waals surface area contributed by atoms with E-state index >= 15 is 0 Å². The zero-order chi connectivity index (χ0) is 15.5. The van der Waals surface area contributed by atoms with E-state index in [2.05, 4.69) is 22.1 Å². The van der Waals surface area contributed by atoms with E-state index in [1.165, 1.54) is 28.3 Å². The van der Waals surface area contributed by atoms with Crippen molar-refractivity contribution in [3.8, 4) is 0 Å². The highest BCUT2D eigenvalue weighted by molar-refractivity contribution is 7.15. The maximum absolute atomic E-state index is 13.1. The number of amides is 1. The Labute approximate surface area is 133 Å². The molecule has 0 atom stereocenters. The molecule has 116 valence electrons. The third-order valence-electron chi connectivity index (χ3n) is 3.76. The van der Waals surface area contributed by atoms with Crippen molar-refractivity contribution in [3.63, 3.8) is 0 Å². The monoisotopic (exact) mass is 319 g/mol. The number of nitrogens with zero attached hydrogens (tertiary/aromatic N) is 2. The molecule has 2 heterocycles. The fraction of sp³-hybridized carbons (Fsp3) is 0.375. The van der Waals surface area contributed by atoms with Crippen LogP contribution in [0.15, 0.2) is 24.3 Å². The molecule has 1 aromatic heterocycles. The summed E-state index contributed by atoms with van der Waals surface area (Å²) < 4.78 is 13.1. The molecule has 0 aliphatic carbocycles. The first-order chi connectivity index (χ1) is 10.6. The highest BCUT2D eigenvalue weighted by Gasteiger charge is 2.20. The highest BCUT2D eigenvalue weighted by atomic mass is 32.1. The van der Waals surface area contributed by atoms with E-state index in [0.29, 0.717) is 10.7 Å². The Balaban J connectivity index is 1.64. The van der Waals surface area contributed by atoms with Crippen LogP contribution in [0.2, 0.25) is 0 Å². The predicted octanol–water partition coefficient (Wildman–Crippen LogP) is 2.84. The number of likely N-dealkylation sites (N-methyl/N-ethyl adjacent to an activating group) is 1. The van der Waals surface area contributed by atoms with Gasteiger partial charge in [-0.3, -0.25) is 9.69 Å². The van der Waals surface area contributed by atoms with Gasteiger partial charge in [-0.1, -0.05) is 19.1 Å². The van der Waals surface area contributed by atoms with Crippen LogP contribution in [0.4, 0.5) is 9.52 Å². The molecule has 1 aliphatic rings. The smallest absolute Gasteiger partial charge is 0.230 e. The summed E-state index contributed by atoms with van der Waals surface area (Å²) >= 11 is 1.54. The van der Waals surface area contributed by atoms with Gasteiger partial charge in [0, 0.05) is 24.4 Å². The second-order valence-corrected chi connectivity index (χ2v) is 6.45. The normalized spacial score (nSPS) is 14.6. The van der Waals surface area contributed by atoms with Gasteiger partial charge >= 0.3 is 0 Å². The summed E-state index contributed by atoms with van der Waals surface area (Å²) in [6.07, 6.45) is 1.09. The standard InChI is InChI=1S/C16H18FN3OS/c1-2-20-7-6-13-14(10-20)22-16(18-13)19-15(21)9-11-4-3-5-12(17)8-11/h3-5,8H,2,6-7,9-10H2,1H3,(H,18,19,21). The zero-order valence-corrected chi connectivity index (χ0v) is 13.3. The first kappa shape index (κ1) is 15.1. The lowest BCUT2D eigenvalue weighted by atomic mass is 10.1. The summed E-state index contributed by atoms with van der Waals surface area (Å²) in [6.45, 7) is 5.10. The largest absolute Gasteiger partial charge is 0.302 e. The summed E-state index contributed by atoms with van der Waals surface area (Å²) in [5, 5.41) is 3.47. The van der Waals surface area contributed by atoms with E-state index < -0.39 is 0 Å². The van der Waals surface area contributed by atoms with E-state index in [9.17, 15) is 9.18 Å². The Bertz CT molecular complexity index is 686. The Morgan fingerprint density at radius 1 is 1.50 bits per heavy atom. The number of carbonyl (C=O) groups excluding carboxylic acids is 1. The highest BCUT2D eigenvalue weighted by Crippen LogP contribution is 2.28. The number of fused-ring (bicyclic) bond motifs is 1. The second-order valence-electron chi connectivity index (χ2n) is 5.36. The summed E-state index contributed by atoms with van der Waals surface area (Å²) in [5.41, 5.74) is 1.76. The Morgan fingerprint density at radius 2 is 2.36 bits per heavy atom. The van der Waals surface area contributed by atoms with Gasteiger partial charge in [-0.2, -0.15) is 0 Å². The molecule has 6 heteroatoms. The molecule has 0 unspecified atom stereocenters. The van der Waals surface area contributed by atoms with Crippen LogP contribution in [-0.4, -0.2) is 28.9 Å². The number of halogens is 1. The molecule has 3 rings (SSSR count). The van der Waals surface area contributed by atoms with Gasteiger partial charge in [-0.05, 0) is 24.2 Å². The minimum Gasteiger partial charge on any atom is -0.302 e. The summed E-state index contributed by atoms with van der Waals surface area (Å²) in [4.78, 5) is 20.1. The Kier molecular flexibility index (Phi) is 4.49. The number of thiazole rings is 1. The zero-order valence-electron chi connectivity index (χ0n) is 12.4. The van der Waals surface area contributed by atoms with Crippen LogP contribution in [0.1, 0.15) is 23.1 Å². The van der Waals surface area contributed by atoms with Crippen LogP contribution in [-0.2, 0) is 24.2 Å². The number of benzene rings is 1. The van der Waals surface area contributed by atoms with E-state index in [1.54, 1.807) is 12.1 Å². The van der Waals surface area contributed by atoms with Crippen LogP contribution in [0.5, 0.6) is 0 Å².